The number of methoxy groups -OCH3 is 1. The van der Waals surface area contributed by atoms with Gasteiger partial charge >= 0.3 is 5.97 Å². The molecule has 0 saturated heterocycles. The van der Waals surface area contributed by atoms with Crippen LogP contribution in [0.15, 0.2) is 42.5 Å². The fourth-order valence-electron chi connectivity index (χ4n) is 2.74. The number of carbonyl (C=O) groups is 1. The lowest BCUT2D eigenvalue weighted by atomic mass is 9.76. The zero-order chi connectivity index (χ0) is 17.9. The first-order valence-corrected chi connectivity index (χ1v) is 7.17. The Balaban J connectivity index is 2.69. The molecule has 0 saturated carbocycles. The van der Waals surface area contributed by atoms with E-state index >= 15 is 0 Å². The number of aromatic hydroxyl groups is 2. The highest BCUT2D eigenvalue weighted by molar-refractivity contribution is 5.82. The molecule has 0 aliphatic rings. The van der Waals surface area contributed by atoms with Crippen molar-refractivity contribution in [3.63, 3.8) is 0 Å². The molecule has 0 spiro atoms. The van der Waals surface area contributed by atoms with Crippen molar-refractivity contribution < 1.29 is 24.1 Å². The second-order valence-corrected chi connectivity index (χ2v) is 5.57. The molecule has 1 unspecified atom stereocenters. The summed E-state index contributed by atoms with van der Waals surface area (Å²) in [6.07, 6.45) is 0. The maximum absolute atomic E-state index is 13.7. The van der Waals surface area contributed by atoms with E-state index in [1.165, 1.54) is 50.4 Å². The summed E-state index contributed by atoms with van der Waals surface area (Å²) in [5.74, 6) is 3.02. The van der Waals surface area contributed by atoms with E-state index in [4.69, 9.17) is 10.6 Å². The molecule has 5 N–H and O–H groups in total. The third-order valence-electron chi connectivity index (χ3n) is 4.00. The average molecular weight is 334 g/mol. The van der Waals surface area contributed by atoms with Crippen LogP contribution in [0.4, 0.5) is 4.39 Å². The lowest BCUT2D eigenvalue weighted by Crippen LogP contribution is -2.57. The number of nitrogens with one attached hydrogen (secondary N) is 1. The zero-order valence-electron chi connectivity index (χ0n) is 13.3. The highest BCUT2D eigenvalue weighted by atomic mass is 19.1. The quantitative estimate of drug-likeness (QED) is 0.287. The second kappa shape index (κ2) is 6.86. The van der Waals surface area contributed by atoms with Gasteiger partial charge in [-0.05, 0) is 42.3 Å². The molecular weight excluding hydrogens is 315 g/mol. The molecule has 7 heteroatoms. The molecule has 0 aromatic heterocycles. The number of esters is 1. The van der Waals surface area contributed by atoms with Gasteiger partial charge in [-0.25, -0.2) is 14.6 Å². The normalized spacial score (nSPS) is 14.7. The van der Waals surface area contributed by atoms with Crippen LogP contribution in [0.1, 0.15) is 24.0 Å². The minimum Gasteiger partial charge on any atom is -0.504 e. The molecule has 0 fully saturated rings. The number of phenolic OH excluding ortho intramolecular Hbond substituents is 2. The van der Waals surface area contributed by atoms with Crippen LogP contribution in [-0.4, -0.2) is 28.8 Å². The molecule has 6 nitrogen and oxygen atoms in total. The first kappa shape index (κ1) is 17.7. The Morgan fingerprint density at radius 2 is 1.88 bits per heavy atom. The van der Waals surface area contributed by atoms with Crippen LogP contribution < -0.4 is 11.3 Å². The standard InChI is InChI=1S/C17H19FN2O4/c1-17(20-19,16(23)24-2)15(10-4-3-5-12(18)8-10)11-6-7-13(21)14(22)9-11/h3-9,15,20-22H,19H2,1-2H3/t15?,17-/m0/s1. The highest BCUT2D eigenvalue weighted by Gasteiger charge is 2.44. The van der Waals surface area contributed by atoms with E-state index in [2.05, 4.69) is 5.43 Å². The van der Waals surface area contributed by atoms with Crippen LogP contribution in [0, 0.1) is 5.82 Å². The van der Waals surface area contributed by atoms with Crippen molar-refractivity contribution in [3.05, 3.63) is 59.4 Å². The van der Waals surface area contributed by atoms with Crippen molar-refractivity contribution in [1.82, 2.24) is 5.43 Å². The summed E-state index contributed by atoms with van der Waals surface area (Å²) in [5.41, 5.74) is 1.90. The predicted octanol–water partition coefficient (Wildman–Crippen LogP) is 1.76. The number of ether oxygens (including phenoxy) is 1. The van der Waals surface area contributed by atoms with Crippen molar-refractivity contribution in [3.8, 4) is 11.5 Å². The van der Waals surface area contributed by atoms with Crippen LogP contribution in [0.3, 0.4) is 0 Å². The monoisotopic (exact) mass is 334 g/mol. The van der Waals surface area contributed by atoms with Crippen molar-refractivity contribution >= 4 is 5.97 Å². The van der Waals surface area contributed by atoms with Gasteiger partial charge in [0.05, 0.1) is 7.11 Å². The van der Waals surface area contributed by atoms with Gasteiger partial charge in [0.15, 0.2) is 11.5 Å². The number of benzene rings is 2. The molecule has 24 heavy (non-hydrogen) atoms. The Bertz CT molecular complexity index is 753. The number of halogens is 1. The van der Waals surface area contributed by atoms with Gasteiger partial charge in [0.2, 0.25) is 0 Å². The van der Waals surface area contributed by atoms with Gasteiger partial charge in [-0.3, -0.25) is 5.84 Å². The Hall–Kier alpha value is -2.64. The van der Waals surface area contributed by atoms with E-state index in [9.17, 15) is 19.4 Å². The van der Waals surface area contributed by atoms with E-state index in [-0.39, 0.29) is 11.5 Å². The highest BCUT2D eigenvalue weighted by Crippen LogP contribution is 2.38. The third-order valence-corrected chi connectivity index (χ3v) is 4.00. The van der Waals surface area contributed by atoms with E-state index in [0.29, 0.717) is 11.1 Å². The molecule has 0 aliphatic carbocycles. The Labute approximate surface area is 138 Å². The third kappa shape index (κ3) is 3.17. The minimum absolute atomic E-state index is 0.308. The smallest absolute Gasteiger partial charge is 0.328 e. The molecule has 0 bridgehead atoms. The van der Waals surface area contributed by atoms with Crippen LogP contribution in [0.2, 0.25) is 0 Å². The summed E-state index contributed by atoms with van der Waals surface area (Å²) in [5, 5.41) is 19.3. The number of carbonyl (C=O) groups excluding carboxylic acids is 1. The van der Waals surface area contributed by atoms with Crippen molar-refractivity contribution in [1.29, 1.82) is 0 Å². The van der Waals surface area contributed by atoms with E-state index in [1.54, 1.807) is 6.07 Å². The van der Waals surface area contributed by atoms with Gasteiger partial charge in [-0.2, -0.15) is 0 Å². The predicted molar refractivity (Wildman–Crippen MR) is 85.8 cm³/mol. The van der Waals surface area contributed by atoms with Crippen molar-refractivity contribution in [2.45, 2.75) is 18.4 Å². The summed E-state index contributed by atoms with van der Waals surface area (Å²) in [7, 11) is 1.22. The summed E-state index contributed by atoms with van der Waals surface area (Å²) < 4.78 is 18.5. The first-order chi connectivity index (χ1) is 11.3. The number of hydrogen-bond acceptors (Lipinski definition) is 6. The molecular formula is C17H19FN2O4. The van der Waals surface area contributed by atoms with Gasteiger partial charge in [0, 0.05) is 5.92 Å². The molecule has 0 aliphatic heterocycles. The van der Waals surface area contributed by atoms with Gasteiger partial charge in [0.25, 0.3) is 0 Å². The van der Waals surface area contributed by atoms with Gasteiger partial charge in [-0.1, -0.05) is 18.2 Å². The molecule has 2 rings (SSSR count). The lowest BCUT2D eigenvalue weighted by Gasteiger charge is -2.35. The molecule has 2 atom stereocenters. The second-order valence-electron chi connectivity index (χ2n) is 5.57. The maximum atomic E-state index is 13.7. The number of rotatable bonds is 5. The Morgan fingerprint density at radius 3 is 2.42 bits per heavy atom. The summed E-state index contributed by atoms with van der Waals surface area (Å²) in [4.78, 5) is 12.3. The van der Waals surface area contributed by atoms with Gasteiger partial charge in [-0.15, -0.1) is 0 Å². The summed E-state index contributed by atoms with van der Waals surface area (Å²) >= 11 is 0. The first-order valence-electron chi connectivity index (χ1n) is 7.17. The fraction of sp³-hybridized carbons (Fsp3) is 0.235. The number of hydrogen-bond donors (Lipinski definition) is 4. The number of hydrazine groups is 1. The largest absolute Gasteiger partial charge is 0.504 e. The average Bonchev–Trinajstić information content (AvgIpc) is 2.57. The molecule has 128 valence electrons. The van der Waals surface area contributed by atoms with E-state index in [1.807, 2.05) is 0 Å². The minimum atomic E-state index is -1.44. The summed E-state index contributed by atoms with van der Waals surface area (Å²) in [6.45, 7) is 1.51. The van der Waals surface area contributed by atoms with E-state index in [0.717, 1.165) is 0 Å². The van der Waals surface area contributed by atoms with Crippen LogP contribution in [-0.2, 0) is 9.53 Å². The Kier molecular flexibility index (Phi) is 5.06. The lowest BCUT2D eigenvalue weighted by molar-refractivity contribution is -0.148. The SMILES string of the molecule is COC(=O)[C@@](C)(NN)C(c1cccc(F)c1)c1ccc(O)c(O)c1. The van der Waals surface area contributed by atoms with Gasteiger partial charge in [0.1, 0.15) is 11.4 Å². The van der Waals surface area contributed by atoms with Crippen LogP contribution >= 0.6 is 0 Å². The molecule has 0 radical (unpaired) electrons. The number of nitrogens with two attached hydrogens (primary N) is 1. The van der Waals surface area contributed by atoms with Crippen molar-refractivity contribution in [2.24, 2.45) is 5.84 Å². The molecule has 2 aromatic rings. The molecule has 0 heterocycles. The van der Waals surface area contributed by atoms with Crippen LogP contribution in [0.5, 0.6) is 11.5 Å². The van der Waals surface area contributed by atoms with Crippen LogP contribution in [0.25, 0.3) is 0 Å². The fourth-order valence-corrected chi connectivity index (χ4v) is 2.74. The van der Waals surface area contributed by atoms with E-state index < -0.39 is 23.2 Å². The van der Waals surface area contributed by atoms with Crippen molar-refractivity contribution in [2.75, 3.05) is 7.11 Å². The zero-order valence-corrected chi connectivity index (χ0v) is 13.3. The topological polar surface area (TPSA) is 105 Å². The van der Waals surface area contributed by atoms with Gasteiger partial charge < -0.3 is 14.9 Å². The summed E-state index contributed by atoms with van der Waals surface area (Å²) in [6, 6.07) is 9.79. The molecule has 2 aromatic carbocycles. The Morgan fingerprint density at radius 1 is 1.21 bits per heavy atom. The molecule has 0 amide bonds. The maximum Gasteiger partial charge on any atom is 0.328 e. The number of phenols is 2.